The van der Waals surface area contributed by atoms with Gasteiger partial charge in [0.2, 0.25) is 0 Å². The van der Waals surface area contributed by atoms with Gasteiger partial charge in [-0.2, -0.15) is 0 Å². The van der Waals surface area contributed by atoms with Crippen LogP contribution < -0.4 is 4.74 Å². The van der Waals surface area contributed by atoms with E-state index in [2.05, 4.69) is 0 Å². The van der Waals surface area contributed by atoms with Crippen molar-refractivity contribution in [2.75, 3.05) is 14.2 Å². The molecule has 142 valence electrons. The lowest BCUT2D eigenvalue weighted by Gasteiger charge is -2.09. The molecule has 7 heteroatoms. The second-order valence-electron chi connectivity index (χ2n) is 6.19. The third kappa shape index (κ3) is 2.71. The van der Waals surface area contributed by atoms with Crippen molar-refractivity contribution in [2.45, 2.75) is 4.90 Å². The minimum absolute atomic E-state index is 0.182. The maximum absolute atomic E-state index is 13.4. The zero-order valence-electron chi connectivity index (χ0n) is 15.2. The summed E-state index contributed by atoms with van der Waals surface area (Å²) >= 11 is 0. The summed E-state index contributed by atoms with van der Waals surface area (Å²) in [5.41, 5.74) is 1.32. The van der Waals surface area contributed by atoms with Crippen LogP contribution in [-0.4, -0.2) is 32.6 Å². The molecule has 0 bridgehead atoms. The van der Waals surface area contributed by atoms with Crippen molar-refractivity contribution < 1.29 is 22.7 Å². The number of carbonyl (C=O) groups is 1. The van der Waals surface area contributed by atoms with Crippen molar-refractivity contribution in [3.63, 3.8) is 0 Å². The van der Waals surface area contributed by atoms with Crippen molar-refractivity contribution >= 4 is 37.8 Å². The predicted molar refractivity (Wildman–Crippen MR) is 106 cm³/mol. The first-order valence-corrected chi connectivity index (χ1v) is 9.92. The van der Waals surface area contributed by atoms with Crippen LogP contribution in [0.5, 0.6) is 5.75 Å². The molecule has 0 fully saturated rings. The minimum Gasteiger partial charge on any atom is -0.497 e. The molecule has 0 atom stereocenters. The molecular weight excluding hydrogens is 378 g/mol. The highest BCUT2D eigenvalue weighted by atomic mass is 32.2. The minimum atomic E-state index is -3.85. The van der Waals surface area contributed by atoms with Gasteiger partial charge in [0.25, 0.3) is 10.0 Å². The third-order valence-corrected chi connectivity index (χ3v) is 6.37. The molecule has 0 saturated heterocycles. The van der Waals surface area contributed by atoms with E-state index in [1.807, 2.05) is 0 Å². The smallest absolute Gasteiger partial charge is 0.337 e. The highest BCUT2D eigenvalue weighted by molar-refractivity contribution is 7.90. The summed E-state index contributed by atoms with van der Waals surface area (Å²) in [4.78, 5) is 12.2. The SMILES string of the molecule is COC(=O)c1ccc2c(c1)c1cc(OC)ccc1n2S(=O)(=O)c1ccccc1. The lowest BCUT2D eigenvalue weighted by Crippen LogP contribution is -2.12. The first kappa shape index (κ1) is 18.1. The number of hydrogen-bond acceptors (Lipinski definition) is 5. The topological polar surface area (TPSA) is 74.6 Å². The lowest BCUT2D eigenvalue weighted by molar-refractivity contribution is 0.0601. The van der Waals surface area contributed by atoms with Crippen molar-refractivity contribution in [3.8, 4) is 5.75 Å². The van der Waals surface area contributed by atoms with Gasteiger partial charge in [0.1, 0.15) is 5.75 Å². The molecule has 1 aromatic heterocycles. The molecule has 4 aromatic rings. The Morgan fingerprint density at radius 3 is 2.14 bits per heavy atom. The van der Waals surface area contributed by atoms with Crippen LogP contribution in [0.1, 0.15) is 10.4 Å². The standard InChI is InChI=1S/C21H17NO5S/c1-26-15-9-11-20-18(13-15)17-12-14(21(23)27-2)8-10-19(17)22(20)28(24,25)16-6-4-3-5-7-16/h3-13H,1-2H3. The molecule has 0 N–H and O–H groups in total. The summed E-state index contributed by atoms with van der Waals surface area (Å²) in [6.07, 6.45) is 0. The zero-order valence-corrected chi connectivity index (χ0v) is 16.1. The summed E-state index contributed by atoms with van der Waals surface area (Å²) < 4.78 is 38.2. The predicted octanol–water partition coefficient (Wildman–Crippen LogP) is 3.83. The van der Waals surface area contributed by atoms with E-state index in [9.17, 15) is 13.2 Å². The largest absolute Gasteiger partial charge is 0.497 e. The number of fused-ring (bicyclic) bond motifs is 3. The van der Waals surface area contributed by atoms with E-state index < -0.39 is 16.0 Å². The number of hydrogen-bond donors (Lipinski definition) is 0. The second-order valence-corrected chi connectivity index (χ2v) is 7.98. The van der Waals surface area contributed by atoms with Gasteiger partial charge in [-0.05, 0) is 48.5 Å². The fourth-order valence-electron chi connectivity index (χ4n) is 3.30. The Hall–Kier alpha value is -3.32. The lowest BCUT2D eigenvalue weighted by atomic mass is 10.1. The molecule has 4 rings (SSSR count). The number of benzene rings is 3. The average Bonchev–Trinajstić information content (AvgIpc) is 3.07. The van der Waals surface area contributed by atoms with E-state index in [0.29, 0.717) is 33.1 Å². The Morgan fingerprint density at radius 1 is 0.857 bits per heavy atom. The monoisotopic (exact) mass is 395 g/mol. The van der Waals surface area contributed by atoms with E-state index in [0.717, 1.165) is 0 Å². The molecular formula is C21H17NO5S. The molecule has 0 spiro atoms. The number of aromatic nitrogens is 1. The average molecular weight is 395 g/mol. The molecule has 0 aliphatic heterocycles. The third-order valence-electron chi connectivity index (χ3n) is 4.63. The van der Waals surface area contributed by atoms with Gasteiger partial charge in [0, 0.05) is 10.8 Å². The number of esters is 1. The summed E-state index contributed by atoms with van der Waals surface area (Å²) in [6.45, 7) is 0. The molecule has 0 radical (unpaired) electrons. The van der Waals surface area contributed by atoms with Crippen LogP contribution in [-0.2, 0) is 14.8 Å². The van der Waals surface area contributed by atoms with E-state index in [-0.39, 0.29) is 4.90 Å². The van der Waals surface area contributed by atoms with Crippen LogP contribution in [0.4, 0.5) is 0 Å². The maximum Gasteiger partial charge on any atom is 0.337 e. The Morgan fingerprint density at radius 2 is 1.50 bits per heavy atom. The molecule has 0 amide bonds. The summed E-state index contributed by atoms with van der Waals surface area (Å²) in [6, 6.07) is 18.2. The van der Waals surface area contributed by atoms with Crippen molar-refractivity contribution in [1.82, 2.24) is 3.97 Å². The van der Waals surface area contributed by atoms with E-state index in [4.69, 9.17) is 9.47 Å². The summed E-state index contributed by atoms with van der Waals surface area (Å²) in [5.74, 6) is 0.101. The van der Waals surface area contributed by atoms with Gasteiger partial charge in [-0.25, -0.2) is 17.2 Å². The Kier molecular flexibility index (Phi) is 4.31. The number of carbonyl (C=O) groups excluding carboxylic acids is 1. The van der Waals surface area contributed by atoms with Crippen LogP contribution in [0.3, 0.4) is 0 Å². The molecule has 1 heterocycles. The van der Waals surface area contributed by atoms with Gasteiger partial charge in [0.05, 0.1) is 35.7 Å². The Bertz CT molecular complexity index is 1310. The van der Waals surface area contributed by atoms with Crippen LogP contribution in [0.2, 0.25) is 0 Å². The molecule has 0 unspecified atom stereocenters. The fraction of sp³-hybridized carbons (Fsp3) is 0.0952. The maximum atomic E-state index is 13.4. The van der Waals surface area contributed by atoms with Crippen LogP contribution in [0.25, 0.3) is 21.8 Å². The molecule has 28 heavy (non-hydrogen) atoms. The number of rotatable bonds is 4. The van der Waals surface area contributed by atoms with Gasteiger partial charge in [-0.1, -0.05) is 18.2 Å². The highest BCUT2D eigenvalue weighted by Crippen LogP contribution is 2.35. The van der Waals surface area contributed by atoms with E-state index in [1.165, 1.54) is 11.1 Å². The molecule has 0 aliphatic rings. The van der Waals surface area contributed by atoms with Gasteiger partial charge in [0.15, 0.2) is 0 Å². The van der Waals surface area contributed by atoms with Crippen molar-refractivity contribution in [1.29, 1.82) is 0 Å². The Labute approximate surface area is 162 Å². The Balaban J connectivity index is 2.12. The molecule has 0 aliphatic carbocycles. The first-order valence-electron chi connectivity index (χ1n) is 8.48. The number of ether oxygens (including phenoxy) is 2. The quantitative estimate of drug-likeness (QED) is 0.491. The second kappa shape index (κ2) is 6.69. The fourth-order valence-corrected chi connectivity index (χ4v) is 4.84. The number of nitrogens with zero attached hydrogens (tertiary/aromatic N) is 1. The van der Waals surface area contributed by atoms with Crippen LogP contribution in [0, 0.1) is 0 Å². The summed E-state index contributed by atoms with van der Waals surface area (Å²) in [5, 5.41) is 1.29. The molecule has 6 nitrogen and oxygen atoms in total. The molecule has 0 saturated carbocycles. The van der Waals surface area contributed by atoms with Crippen molar-refractivity contribution in [3.05, 3.63) is 72.3 Å². The van der Waals surface area contributed by atoms with Gasteiger partial charge in [-0.15, -0.1) is 0 Å². The van der Waals surface area contributed by atoms with Gasteiger partial charge < -0.3 is 9.47 Å². The number of methoxy groups -OCH3 is 2. The normalized spacial score (nSPS) is 11.6. The van der Waals surface area contributed by atoms with E-state index >= 15 is 0 Å². The van der Waals surface area contributed by atoms with Gasteiger partial charge >= 0.3 is 5.97 Å². The highest BCUT2D eigenvalue weighted by Gasteiger charge is 2.24. The summed E-state index contributed by atoms with van der Waals surface area (Å²) in [7, 11) is -1.00. The van der Waals surface area contributed by atoms with Crippen molar-refractivity contribution in [2.24, 2.45) is 0 Å². The van der Waals surface area contributed by atoms with Crippen LogP contribution >= 0.6 is 0 Å². The van der Waals surface area contributed by atoms with Crippen LogP contribution in [0.15, 0.2) is 71.6 Å². The van der Waals surface area contributed by atoms with E-state index in [1.54, 1.807) is 73.8 Å². The van der Waals surface area contributed by atoms with Gasteiger partial charge in [-0.3, -0.25) is 0 Å². The molecule has 3 aromatic carbocycles. The first-order chi connectivity index (χ1) is 13.5. The zero-order chi connectivity index (χ0) is 19.9.